The van der Waals surface area contributed by atoms with E-state index >= 15 is 0 Å². The number of carbonyl (C=O) groups is 3. The highest BCUT2D eigenvalue weighted by Crippen LogP contribution is 2.59. The molecule has 0 bridgehead atoms. The minimum atomic E-state index is -1.26. The van der Waals surface area contributed by atoms with E-state index in [2.05, 4.69) is 0 Å². The van der Waals surface area contributed by atoms with Crippen molar-refractivity contribution >= 4 is 41.1 Å². The molecule has 11 heteroatoms. The number of carboxylic acid groups (broad SMARTS) is 3. The Morgan fingerprint density at radius 3 is 1.33 bits per heavy atom. The summed E-state index contributed by atoms with van der Waals surface area (Å²) in [5.41, 5.74) is -0.538. The van der Waals surface area contributed by atoms with Crippen LogP contribution in [0.5, 0.6) is 17.2 Å². The molecule has 0 aromatic heterocycles. The molecule has 0 amide bonds. The molecular weight excluding hydrogens is 707 g/mol. The minimum Gasteiger partial charge on any atom is -0.478 e. The van der Waals surface area contributed by atoms with Crippen molar-refractivity contribution in [3.8, 4) is 17.2 Å². The molecule has 52 heavy (non-hydrogen) atoms. The molecule has 3 N–H and O–H groups in total. The molecule has 2 saturated carbocycles. The molecular formula is C41H50Cl2O9. The number of hydrogen-bond donors (Lipinski definition) is 3. The maximum absolute atomic E-state index is 11.6. The van der Waals surface area contributed by atoms with E-state index < -0.39 is 39.0 Å². The highest BCUT2D eigenvalue weighted by atomic mass is 35.5. The van der Waals surface area contributed by atoms with Crippen molar-refractivity contribution in [1.29, 1.82) is 0 Å². The number of benzene rings is 3. The Morgan fingerprint density at radius 2 is 1.00 bits per heavy atom. The number of alkyl halides is 2. The van der Waals surface area contributed by atoms with Crippen LogP contribution in [0.15, 0.2) is 72.8 Å². The van der Waals surface area contributed by atoms with E-state index in [0.717, 1.165) is 37.7 Å². The summed E-state index contributed by atoms with van der Waals surface area (Å²) in [5.74, 6) is -1.21. The van der Waals surface area contributed by atoms with Gasteiger partial charge in [-0.25, -0.2) is 14.4 Å². The van der Waals surface area contributed by atoms with Crippen LogP contribution < -0.4 is 14.2 Å². The number of halogens is 2. The zero-order valence-electron chi connectivity index (χ0n) is 30.7. The lowest BCUT2D eigenvalue weighted by atomic mass is 9.65. The molecule has 3 aromatic carbocycles. The average molecular weight is 758 g/mol. The first-order valence-electron chi connectivity index (χ1n) is 17.8. The third kappa shape index (κ3) is 9.34. The number of carboxylic acids is 3. The van der Waals surface area contributed by atoms with Crippen molar-refractivity contribution in [2.45, 2.75) is 125 Å². The monoisotopic (exact) mass is 756 g/mol. The summed E-state index contributed by atoms with van der Waals surface area (Å²) < 4.78 is 16.4. The Bertz CT molecular complexity index is 1620. The summed E-state index contributed by atoms with van der Waals surface area (Å²) >= 11 is 12.0. The summed E-state index contributed by atoms with van der Waals surface area (Å²) in [5, 5.41) is 28.0. The fourth-order valence-electron chi connectivity index (χ4n) is 6.32. The molecule has 0 spiro atoms. The van der Waals surface area contributed by atoms with Crippen molar-refractivity contribution < 1.29 is 43.9 Å². The van der Waals surface area contributed by atoms with Gasteiger partial charge in [0.2, 0.25) is 11.2 Å². The topological polar surface area (TPSA) is 140 Å². The van der Waals surface area contributed by atoms with Gasteiger partial charge in [0.05, 0.1) is 0 Å². The lowest BCUT2D eigenvalue weighted by Crippen LogP contribution is -2.40. The highest BCUT2D eigenvalue weighted by molar-refractivity contribution is 6.51. The van der Waals surface area contributed by atoms with Gasteiger partial charge in [-0.3, -0.25) is 0 Å². The first-order chi connectivity index (χ1) is 24.3. The largest absolute Gasteiger partial charge is 0.478 e. The fraction of sp³-hybridized carbons (Fsp3) is 0.488. The number of aliphatic carboxylic acids is 3. The van der Waals surface area contributed by atoms with Crippen LogP contribution in [0.25, 0.3) is 0 Å². The van der Waals surface area contributed by atoms with Crippen LogP contribution in [-0.4, -0.2) is 54.4 Å². The maximum atomic E-state index is 11.6. The summed E-state index contributed by atoms with van der Waals surface area (Å²) in [4.78, 5) is 34.2. The van der Waals surface area contributed by atoms with Crippen LogP contribution in [0.2, 0.25) is 0 Å². The number of rotatable bonds is 14. The van der Waals surface area contributed by atoms with Gasteiger partial charge in [-0.05, 0) is 113 Å². The van der Waals surface area contributed by atoms with Crippen molar-refractivity contribution in [3.63, 3.8) is 0 Å². The van der Waals surface area contributed by atoms with Gasteiger partial charge in [0.1, 0.15) is 21.6 Å². The molecule has 5 rings (SSSR count). The van der Waals surface area contributed by atoms with Gasteiger partial charge in [0.15, 0.2) is 5.60 Å². The van der Waals surface area contributed by atoms with E-state index in [4.69, 9.17) is 42.5 Å². The Hall–Kier alpha value is -3.95. The van der Waals surface area contributed by atoms with Crippen molar-refractivity contribution in [2.75, 3.05) is 0 Å². The number of ether oxygens (including phenoxy) is 3. The second kappa shape index (κ2) is 16.0. The molecule has 9 nitrogen and oxygen atoms in total. The third-order valence-electron chi connectivity index (χ3n) is 10.5. The molecule has 3 unspecified atom stereocenters. The van der Waals surface area contributed by atoms with Gasteiger partial charge in [-0.2, -0.15) is 0 Å². The summed E-state index contributed by atoms with van der Waals surface area (Å²) in [7, 11) is 0. The Balaban J connectivity index is 0.000000281. The number of hydrogen-bond acceptors (Lipinski definition) is 6. The van der Waals surface area contributed by atoms with Crippen molar-refractivity contribution in [3.05, 3.63) is 89.5 Å². The van der Waals surface area contributed by atoms with E-state index in [1.807, 2.05) is 60.7 Å². The van der Waals surface area contributed by atoms with Crippen molar-refractivity contribution in [1.82, 2.24) is 0 Å². The van der Waals surface area contributed by atoms with Crippen molar-refractivity contribution in [2.24, 2.45) is 0 Å². The van der Waals surface area contributed by atoms with Gasteiger partial charge in [0.25, 0.3) is 0 Å². The van der Waals surface area contributed by atoms with E-state index in [9.17, 15) is 24.6 Å². The quantitative estimate of drug-likeness (QED) is 0.137. The average Bonchev–Trinajstić information content (AvgIpc) is 3.76. The van der Waals surface area contributed by atoms with Gasteiger partial charge in [0, 0.05) is 11.3 Å². The second-order valence-electron chi connectivity index (χ2n) is 14.7. The normalized spacial score (nSPS) is 19.7. The highest BCUT2D eigenvalue weighted by Gasteiger charge is 2.52. The van der Waals surface area contributed by atoms with Crippen LogP contribution in [0, 0.1) is 0 Å². The van der Waals surface area contributed by atoms with Crippen LogP contribution in [0.3, 0.4) is 0 Å². The van der Waals surface area contributed by atoms with Gasteiger partial charge < -0.3 is 29.5 Å². The van der Waals surface area contributed by atoms with Crippen LogP contribution in [-0.2, 0) is 19.8 Å². The lowest BCUT2D eigenvalue weighted by Gasteiger charge is -2.39. The van der Waals surface area contributed by atoms with Crippen LogP contribution in [0.4, 0.5) is 0 Å². The lowest BCUT2D eigenvalue weighted by molar-refractivity contribution is -0.154. The smallest absolute Gasteiger partial charge is 0.347 e. The molecule has 2 aliphatic rings. The van der Waals surface area contributed by atoms with Crippen LogP contribution in [0.1, 0.15) is 116 Å². The summed E-state index contributed by atoms with van der Waals surface area (Å²) in [6.45, 7) is 9.78. The Morgan fingerprint density at radius 1 is 0.635 bits per heavy atom. The van der Waals surface area contributed by atoms with Gasteiger partial charge >= 0.3 is 17.9 Å². The molecule has 282 valence electrons. The van der Waals surface area contributed by atoms with E-state index in [0.29, 0.717) is 30.1 Å². The molecule has 0 aliphatic heterocycles. The predicted molar refractivity (Wildman–Crippen MR) is 201 cm³/mol. The molecule has 0 saturated heterocycles. The van der Waals surface area contributed by atoms with Crippen LogP contribution >= 0.6 is 23.2 Å². The summed E-state index contributed by atoms with van der Waals surface area (Å²) in [6, 6.07) is 22.8. The molecule has 2 aliphatic carbocycles. The second-order valence-corrected chi connectivity index (χ2v) is 16.2. The Kier molecular flexibility index (Phi) is 12.5. The zero-order valence-corrected chi connectivity index (χ0v) is 32.2. The van der Waals surface area contributed by atoms with E-state index in [-0.39, 0.29) is 11.3 Å². The Labute approximate surface area is 316 Å². The molecule has 3 atom stereocenters. The first-order valence-corrected chi connectivity index (χ1v) is 18.5. The first kappa shape index (κ1) is 40.8. The van der Waals surface area contributed by atoms with E-state index in [1.54, 1.807) is 39.8 Å². The predicted octanol–water partition coefficient (Wildman–Crippen LogP) is 9.79. The maximum Gasteiger partial charge on any atom is 0.347 e. The zero-order chi connectivity index (χ0) is 38.5. The van der Waals surface area contributed by atoms with Gasteiger partial charge in [-0.1, -0.05) is 69.5 Å². The molecule has 3 aromatic rings. The minimum absolute atomic E-state index is 0.155. The summed E-state index contributed by atoms with van der Waals surface area (Å²) in [6.07, 6.45) is 6.94. The molecule has 0 radical (unpaired) electrons. The third-order valence-corrected chi connectivity index (χ3v) is 11.3. The SMILES string of the molecule is CC(C)(Oc1ccc(C2CC2(Cl)Cl)cc1)C(=O)O.CCC(C)(Oc1ccc(C2(c3ccc(OC(C)(CC)C(=O)O)cc3)CCCCC2)cc1)C(=O)O. The fourth-order valence-corrected chi connectivity index (χ4v) is 6.88. The standard InChI is InChI=1S/C28H36O6.C13H14Cl2O3/c1-5-26(3,24(29)30)33-22-14-10-20(11-15-22)28(18-8-7-9-19-28)21-12-16-23(17-13-21)34-27(4,6-2)25(31)32;1-12(2,11(16)17)18-9-5-3-8(4-6-9)10-7-13(10,14)15/h10-17H,5-9,18-19H2,1-4H3,(H,29,30)(H,31,32);3-6,10H,7H2,1-2H3,(H,16,17). The molecule has 2 fully saturated rings. The van der Waals surface area contributed by atoms with E-state index in [1.165, 1.54) is 31.4 Å². The van der Waals surface area contributed by atoms with Gasteiger partial charge in [-0.15, -0.1) is 23.2 Å². The molecule has 0 heterocycles.